The van der Waals surface area contributed by atoms with Gasteiger partial charge in [-0.2, -0.15) is 0 Å². The van der Waals surface area contributed by atoms with Gasteiger partial charge in [-0.25, -0.2) is 4.98 Å². The number of aryl methyl sites for hydroxylation is 1. The first-order valence-corrected chi connectivity index (χ1v) is 5.62. The predicted molar refractivity (Wildman–Crippen MR) is 65.5 cm³/mol. The van der Waals surface area contributed by atoms with Crippen LogP contribution in [0.3, 0.4) is 0 Å². The summed E-state index contributed by atoms with van der Waals surface area (Å²) >= 11 is 0. The molecule has 0 aliphatic carbocycles. The molecule has 1 N–H and O–H groups in total. The highest BCUT2D eigenvalue weighted by atomic mass is 16.2. The van der Waals surface area contributed by atoms with Gasteiger partial charge < -0.3 is 10.2 Å². The molecule has 5 nitrogen and oxygen atoms in total. The van der Waals surface area contributed by atoms with Crippen LogP contribution in [0.5, 0.6) is 0 Å². The van der Waals surface area contributed by atoms with Crippen molar-refractivity contribution < 1.29 is 9.59 Å². The first-order valence-electron chi connectivity index (χ1n) is 5.62. The van der Waals surface area contributed by atoms with E-state index in [0.717, 1.165) is 5.56 Å². The van der Waals surface area contributed by atoms with Crippen LogP contribution in [0.2, 0.25) is 0 Å². The van der Waals surface area contributed by atoms with Crippen LogP contribution in [0.25, 0.3) is 0 Å². The van der Waals surface area contributed by atoms with Crippen molar-refractivity contribution in [3.05, 3.63) is 23.9 Å². The zero-order valence-corrected chi connectivity index (χ0v) is 10.4. The molecule has 0 aromatic carbocycles. The Bertz CT molecular complexity index is 414. The van der Waals surface area contributed by atoms with Gasteiger partial charge in [0.15, 0.2) is 0 Å². The van der Waals surface area contributed by atoms with Crippen LogP contribution in [0.1, 0.15) is 19.4 Å². The largest absolute Gasteiger partial charge is 0.335 e. The lowest BCUT2D eigenvalue weighted by atomic mass is 10.3. The molecular formula is C12H17N3O2. The fourth-order valence-electron chi connectivity index (χ4n) is 1.43. The van der Waals surface area contributed by atoms with Gasteiger partial charge in [-0.1, -0.05) is 6.07 Å². The standard InChI is InChI=1S/C12H17N3O2/c1-4-15(5-2)12(17)11(16)14-10-9(3)7-6-8-13-10/h6-8H,4-5H2,1-3H3,(H,13,14,16). The summed E-state index contributed by atoms with van der Waals surface area (Å²) in [5.41, 5.74) is 0.827. The van der Waals surface area contributed by atoms with Gasteiger partial charge in [0.1, 0.15) is 5.82 Å². The normalized spacial score (nSPS) is 9.82. The number of likely N-dealkylation sites (N-methyl/N-ethyl adjacent to an activating group) is 1. The van der Waals surface area contributed by atoms with Crippen LogP contribution in [0.15, 0.2) is 18.3 Å². The third kappa shape index (κ3) is 3.27. The Kier molecular flexibility index (Phi) is 4.63. The van der Waals surface area contributed by atoms with E-state index in [4.69, 9.17) is 0 Å². The highest BCUT2D eigenvalue weighted by molar-refractivity contribution is 6.39. The summed E-state index contributed by atoms with van der Waals surface area (Å²) in [6, 6.07) is 3.60. The topological polar surface area (TPSA) is 62.3 Å². The minimum absolute atomic E-state index is 0.429. The summed E-state index contributed by atoms with van der Waals surface area (Å²) in [7, 11) is 0. The molecule has 0 bridgehead atoms. The molecule has 1 aromatic rings. The predicted octanol–water partition coefficient (Wildman–Crippen LogP) is 1.20. The maximum Gasteiger partial charge on any atom is 0.315 e. The Balaban J connectivity index is 2.73. The molecule has 92 valence electrons. The smallest absolute Gasteiger partial charge is 0.315 e. The zero-order chi connectivity index (χ0) is 12.8. The van der Waals surface area contributed by atoms with Gasteiger partial charge in [-0.15, -0.1) is 0 Å². The Labute approximate surface area is 101 Å². The second-order valence-electron chi connectivity index (χ2n) is 3.60. The molecule has 0 radical (unpaired) electrons. The number of hydrogen-bond donors (Lipinski definition) is 1. The number of aromatic nitrogens is 1. The number of rotatable bonds is 3. The molecule has 17 heavy (non-hydrogen) atoms. The van der Waals surface area contributed by atoms with Gasteiger partial charge >= 0.3 is 11.8 Å². The number of anilines is 1. The second-order valence-corrected chi connectivity index (χ2v) is 3.60. The molecule has 5 heteroatoms. The lowest BCUT2D eigenvalue weighted by molar-refractivity contribution is -0.142. The molecule has 0 unspecified atom stereocenters. The molecule has 1 rings (SSSR count). The first kappa shape index (κ1) is 13.2. The quantitative estimate of drug-likeness (QED) is 0.801. The minimum atomic E-state index is -0.643. The summed E-state index contributed by atoms with van der Waals surface area (Å²) in [6.07, 6.45) is 1.57. The van der Waals surface area contributed by atoms with Crippen LogP contribution in [-0.2, 0) is 9.59 Å². The van der Waals surface area contributed by atoms with Gasteiger partial charge in [-0.05, 0) is 32.4 Å². The van der Waals surface area contributed by atoms with Crippen LogP contribution in [0.4, 0.5) is 5.82 Å². The van der Waals surface area contributed by atoms with Crippen LogP contribution >= 0.6 is 0 Å². The lowest BCUT2D eigenvalue weighted by Gasteiger charge is -2.17. The fraction of sp³-hybridized carbons (Fsp3) is 0.417. The Hall–Kier alpha value is -1.91. The zero-order valence-electron chi connectivity index (χ0n) is 10.4. The van der Waals surface area contributed by atoms with E-state index in [1.165, 1.54) is 4.90 Å². The number of pyridine rings is 1. The van der Waals surface area contributed by atoms with Crippen LogP contribution in [-0.4, -0.2) is 34.8 Å². The monoisotopic (exact) mass is 235 g/mol. The third-order valence-corrected chi connectivity index (χ3v) is 2.49. The third-order valence-electron chi connectivity index (χ3n) is 2.49. The number of nitrogens with zero attached hydrogens (tertiary/aromatic N) is 2. The SMILES string of the molecule is CCN(CC)C(=O)C(=O)Nc1ncccc1C. The highest BCUT2D eigenvalue weighted by Gasteiger charge is 2.19. The van der Waals surface area contributed by atoms with Crippen molar-refractivity contribution in [2.24, 2.45) is 0 Å². The molecule has 0 aliphatic heterocycles. The number of carbonyl (C=O) groups excluding carboxylic acids is 2. The summed E-state index contributed by atoms with van der Waals surface area (Å²) in [5, 5.41) is 2.52. The number of amides is 2. The number of hydrogen-bond acceptors (Lipinski definition) is 3. The van der Waals surface area contributed by atoms with E-state index < -0.39 is 11.8 Å². The minimum Gasteiger partial charge on any atom is -0.335 e. The number of carbonyl (C=O) groups is 2. The Morgan fingerprint density at radius 3 is 2.53 bits per heavy atom. The maximum absolute atomic E-state index is 11.7. The van der Waals surface area contributed by atoms with Crippen molar-refractivity contribution in [2.45, 2.75) is 20.8 Å². The molecule has 1 aromatic heterocycles. The van der Waals surface area contributed by atoms with Gasteiger partial charge in [0.05, 0.1) is 0 Å². The van der Waals surface area contributed by atoms with Crippen molar-refractivity contribution in [3.8, 4) is 0 Å². The average molecular weight is 235 g/mol. The summed E-state index contributed by atoms with van der Waals surface area (Å²) in [4.78, 5) is 28.9. The molecule has 0 spiro atoms. The summed E-state index contributed by atoms with van der Waals surface area (Å²) < 4.78 is 0. The Morgan fingerprint density at radius 2 is 2.00 bits per heavy atom. The van der Waals surface area contributed by atoms with Crippen molar-refractivity contribution in [1.29, 1.82) is 0 Å². The Morgan fingerprint density at radius 1 is 1.35 bits per heavy atom. The molecule has 0 saturated carbocycles. The van der Waals surface area contributed by atoms with Gasteiger partial charge in [0.25, 0.3) is 0 Å². The van der Waals surface area contributed by atoms with Gasteiger partial charge in [0, 0.05) is 19.3 Å². The van der Waals surface area contributed by atoms with Gasteiger partial charge in [0.2, 0.25) is 0 Å². The van der Waals surface area contributed by atoms with E-state index in [1.807, 2.05) is 26.8 Å². The molecule has 0 saturated heterocycles. The van der Waals surface area contributed by atoms with E-state index in [-0.39, 0.29) is 0 Å². The molecule has 0 aliphatic rings. The maximum atomic E-state index is 11.7. The molecular weight excluding hydrogens is 218 g/mol. The van der Waals surface area contributed by atoms with Crippen molar-refractivity contribution in [3.63, 3.8) is 0 Å². The van der Waals surface area contributed by atoms with E-state index >= 15 is 0 Å². The molecule has 0 fully saturated rings. The summed E-state index contributed by atoms with van der Waals surface area (Å²) in [5.74, 6) is -0.742. The van der Waals surface area contributed by atoms with Gasteiger partial charge in [-0.3, -0.25) is 9.59 Å². The van der Waals surface area contributed by atoms with E-state index in [1.54, 1.807) is 12.3 Å². The van der Waals surface area contributed by atoms with Crippen molar-refractivity contribution in [1.82, 2.24) is 9.88 Å². The molecule has 0 atom stereocenters. The van der Waals surface area contributed by atoms with Crippen molar-refractivity contribution >= 4 is 17.6 Å². The lowest BCUT2D eigenvalue weighted by Crippen LogP contribution is -2.39. The van der Waals surface area contributed by atoms with E-state index in [2.05, 4.69) is 10.3 Å². The molecule has 2 amide bonds. The fourth-order valence-corrected chi connectivity index (χ4v) is 1.43. The van der Waals surface area contributed by atoms with Crippen LogP contribution in [0, 0.1) is 6.92 Å². The average Bonchev–Trinajstić information content (AvgIpc) is 2.33. The van der Waals surface area contributed by atoms with Crippen molar-refractivity contribution in [2.75, 3.05) is 18.4 Å². The first-order chi connectivity index (χ1) is 8.10. The van der Waals surface area contributed by atoms with E-state index in [0.29, 0.717) is 18.9 Å². The van der Waals surface area contributed by atoms with E-state index in [9.17, 15) is 9.59 Å². The van der Waals surface area contributed by atoms with Crippen LogP contribution < -0.4 is 5.32 Å². The highest BCUT2D eigenvalue weighted by Crippen LogP contribution is 2.09. The molecule has 1 heterocycles. The summed E-state index contributed by atoms with van der Waals surface area (Å²) in [6.45, 7) is 6.53. The second kappa shape index (κ2) is 5.98. The number of nitrogens with one attached hydrogen (secondary N) is 1.